The first-order valence-electron chi connectivity index (χ1n) is 5.83. The van der Waals surface area contributed by atoms with Crippen LogP contribution in [0.4, 0.5) is 9.93 Å². The highest BCUT2D eigenvalue weighted by Crippen LogP contribution is 2.30. The molecule has 0 aromatic carbocycles. The van der Waals surface area contributed by atoms with E-state index in [1.165, 1.54) is 11.3 Å². The molecule has 0 atom stereocenters. The Balaban J connectivity index is 1.76. The van der Waals surface area contributed by atoms with Crippen molar-refractivity contribution in [3.8, 4) is 0 Å². The number of hydrogen-bond acceptors (Lipinski definition) is 4. The summed E-state index contributed by atoms with van der Waals surface area (Å²) in [5.74, 6) is 0. The molecule has 1 fully saturated rings. The molecule has 2 rings (SSSR count). The Hall–Kier alpha value is -1.14. The van der Waals surface area contributed by atoms with Gasteiger partial charge < -0.3 is 10.4 Å². The first kappa shape index (κ1) is 12.3. The predicted octanol–water partition coefficient (Wildman–Crippen LogP) is 1.74. The maximum absolute atomic E-state index is 11.5. The molecular formula is C11H17N3O2S. The van der Waals surface area contributed by atoms with Gasteiger partial charge in [-0.05, 0) is 25.7 Å². The van der Waals surface area contributed by atoms with Gasteiger partial charge in [-0.3, -0.25) is 5.32 Å². The predicted molar refractivity (Wildman–Crippen MR) is 67.3 cm³/mol. The van der Waals surface area contributed by atoms with Gasteiger partial charge in [0.15, 0.2) is 5.13 Å². The molecule has 0 aliphatic heterocycles. The van der Waals surface area contributed by atoms with Crippen molar-refractivity contribution in [1.29, 1.82) is 0 Å². The minimum Gasteiger partial charge on any atom is -0.388 e. The summed E-state index contributed by atoms with van der Waals surface area (Å²) < 4.78 is 0. The van der Waals surface area contributed by atoms with Gasteiger partial charge in [-0.15, -0.1) is 11.3 Å². The summed E-state index contributed by atoms with van der Waals surface area (Å²) in [4.78, 5) is 15.8. The summed E-state index contributed by atoms with van der Waals surface area (Å²) in [6, 6.07) is -0.303. The summed E-state index contributed by atoms with van der Waals surface area (Å²) in [7, 11) is 0. The normalized spacial score (nSPS) is 17.3. The van der Waals surface area contributed by atoms with Crippen LogP contribution in [-0.4, -0.2) is 28.3 Å². The third-order valence-electron chi connectivity index (χ3n) is 3.00. The van der Waals surface area contributed by atoms with Crippen LogP contribution in [-0.2, 0) is 6.42 Å². The van der Waals surface area contributed by atoms with E-state index in [1.54, 1.807) is 0 Å². The van der Waals surface area contributed by atoms with E-state index < -0.39 is 5.60 Å². The number of aromatic nitrogens is 1. The van der Waals surface area contributed by atoms with Gasteiger partial charge in [0.2, 0.25) is 0 Å². The van der Waals surface area contributed by atoms with Crippen molar-refractivity contribution in [2.45, 2.75) is 38.2 Å². The molecule has 1 aromatic heterocycles. The van der Waals surface area contributed by atoms with Gasteiger partial charge >= 0.3 is 6.03 Å². The van der Waals surface area contributed by atoms with E-state index >= 15 is 0 Å². The number of aliphatic hydroxyl groups is 1. The first-order chi connectivity index (χ1) is 8.11. The van der Waals surface area contributed by atoms with Crippen LogP contribution in [0.5, 0.6) is 0 Å². The number of carbonyl (C=O) groups is 1. The molecule has 0 bridgehead atoms. The number of rotatable bonds is 4. The van der Waals surface area contributed by atoms with Crippen LogP contribution in [0.2, 0.25) is 0 Å². The van der Waals surface area contributed by atoms with Crippen LogP contribution in [0.25, 0.3) is 0 Å². The van der Waals surface area contributed by atoms with Gasteiger partial charge in [-0.25, -0.2) is 9.78 Å². The standard InChI is InChI=1S/C11H17N3O2S/c1-2-8-6-17-10(13-8)14-9(15)12-7-11(16)4-3-5-11/h6,16H,2-5,7H2,1H3,(H2,12,13,14,15). The number of anilines is 1. The fraction of sp³-hybridized carbons (Fsp3) is 0.636. The molecule has 6 heteroatoms. The monoisotopic (exact) mass is 255 g/mol. The van der Waals surface area contributed by atoms with E-state index in [0.29, 0.717) is 11.7 Å². The average molecular weight is 255 g/mol. The summed E-state index contributed by atoms with van der Waals surface area (Å²) in [5.41, 5.74) is 0.289. The van der Waals surface area contributed by atoms with E-state index in [-0.39, 0.29) is 6.03 Å². The highest BCUT2D eigenvalue weighted by molar-refractivity contribution is 7.13. The highest BCUT2D eigenvalue weighted by atomic mass is 32.1. The van der Waals surface area contributed by atoms with Crippen molar-refractivity contribution >= 4 is 22.5 Å². The number of amides is 2. The molecule has 1 saturated carbocycles. The Morgan fingerprint density at radius 1 is 1.65 bits per heavy atom. The van der Waals surface area contributed by atoms with Gasteiger partial charge in [0, 0.05) is 11.9 Å². The number of nitrogens with zero attached hydrogens (tertiary/aromatic N) is 1. The smallest absolute Gasteiger partial charge is 0.321 e. The minimum atomic E-state index is -0.686. The maximum Gasteiger partial charge on any atom is 0.321 e. The molecule has 0 spiro atoms. The molecule has 5 nitrogen and oxygen atoms in total. The Kier molecular flexibility index (Phi) is 3.63. The molecule has 0 radical (unpaired) electrons. The fourth-order valence-corrected chi connectivity index (χ4v) is 2.46. The van der Waals surface area contributed by atoms with Crippen molar-refractivity contribution < 1.29 is 9.90 Å². The average Bonchev–Trinajstić information content (AvgIpc) is 2.71. The molecule has 94 valence electrons. The molecule has 3 N–H and O–H groups in total. The molecule has 1 aliphatic rings. The lowest BCUT2D eigenvalue weighted by atomic mass is 9.80. The quantitative estimate of drug-likeness (QED) is 0.767. The molecule has 1 aliphatic carbocycles. The Labute approximate surface area is 104 Å². The lowest BCUT2D eigenvalue weighted by molar-refractivity contribution is -0.0287. The molecule has 0 saturated heterocycles. The zero-order valence-corrected chi connectivity index (χ0v) is 10.6. The number of nitrogens with one attached hydrogen (secondary N) is 2. The van der Waals surface area contributed by atoms with Crippen LogP contribution in [0.15, 0.2) is 5.38 Å². The molecular weight excluding hydrogens is 238 g/mol. The molecule has 1 heterocycles. The van der Waals surface area contributed by atoms with Gasteiger partial charge in [0.25, 0.3) is 0 Å². The number of aryl methyl sites for hydroxylation is 1. The Morgan fingerprint density at radius 3 is 2.94 bits per heavy atom. The second-order valence-corrected chi connectivity index (χ2v) is 5.24. The Bertz CT molecular complexity index is 401. The highest BCUT2D eigenvalue weighted by Gasteiger charge is 2.34. The molecule has 2 amide bonds. The van der Waals surface area contributed by atoms with Crippen molar-refractivity contribution in [3.63, 3.8) is 0 Å². The van der Waals surface area contributed by atoms with Crippen molar-refractivity contribution in [1.82, 2.24) is 10.3 Å². The van der Waals surface area contributed by atoms with Crippen molar-refractivity contribution in [2.24, 2.45) is 0 Å². The first-order valence-corrected chi connectivity index (χ1v) is 6.71. The maximum atomic E-state index is 11.5. The van der Waals surface area contributed by atoms with Crippen LogP contribution in [0, 0.1) is 0 Å². The zero-order chi connectivity index (χ0) is 12.3. The Morgan fingerprint density at radius 2 is 2.41 bits per heavy atom. The number of hydrogen-bond donors (Lipinski definition) is 3. The van der Waals surface area contributed by atoms with Gasteiger partial charge in [-0.1, -0.05) is 6.92 Å². The summed E-state index contributed by atoms with van der Waals surface area (Å²) in [6.45, 7) is 2.33. The zero-order valence-electron chi connectivity index (χ0n) is 9.82. The second-order valence-electron chi connectivity index (χ2n) is 4.38. The van der Waals surface area contributed by atoms with Crippen LogP contribution in [0.1, 0.15) is 31.9 Å². The summed E-state index contributed by atoms with van der Waals surface area (Å²) in [6.07, 6.45) is 3.43. The van der Waals surface area contributed by atoms with Crippen LogP contribution in [0.3, 0.4) is 0 Å². The minimum absolute atomic E-state index is 0.303. The lowest BCUT2D eigenvalue weighted by Gasteiger charge is -2.36. The number of urea groups is 1. The molecule has 1 aromatic rings. The number of carbonyl (C=O) groups excluding carboxylic acids is 1. The van der Waals surface area contributed by atoms with Crippen LogP contribution >= 0.6 is 11.3 Å². The van der Waals surface area contributed by atoms with E-state index in [2.05, 4.69) is 15.6 Å². The van der Waals surface area contributed by atoms with Gasteiger partial charge in [0.05, 0.1) is 11.3 Å². The van der Waals surface area contributed by atoms with E-state index in [1.807, 2.05) is 12.3 Å². The van der Waals surface area contributed by atoms with E-state index in [0.717, 1.165) is 31.4 Å². The third-order valence-corrected chi connectivity index (χ3v) is 3.80. The van der Waals surface area contributed by atoms with Gasteiger partial charge in [0.1, 0.15) is 0 Å². The van der Waals surface area contributed by atoms with E-state index in [9.17, 15) is 9.90 Å². The van der Waals surface area contributed by atoms with Crippen molar-refractivity contribution in [3.05, 3.63) is 11.1 Å². The van der Waals surface area contributed by atoms with E-state index in [4.69, 9.17) is 0 Å². The topological polar surface area (TPSA) is 74.2 Å². The summed E-state index contributed by atoms with van der Waals surface area (Å²) >= 11 is 1.41. The fourth-order valence-electron chi connectivity index (χ4n) is 1.67. The van der Waals surface area contributed by atoms with Crippen molar-refractivity contribution in [2.75, 3.05) is 11.9 Å². The third kappa shape index (κ3) is 3.17. The largest absolute Gasteiger partial charge is 0.388 e. The number of thiazole rings is 1. The summed E-state index contributed by atoms with van der Waals surface area (Å²) in [5, 5.41) is 17.7. The SMILES string of the molecule is CCc1csc(NC(=O)NCC2(O)CCC2)n1. The second kappa shape index (κ2) is 5.01. The molecule has 0 unspecified atom stereocenters. The lowest BCUT2D eigenvalue weighted by Crippen LogP contribution is -2.48. The van der Waals surface area contributed by atoms with Crippen LogP contribution < -0.4 is 10.6 Å². The molecule has 17 heavy (non-hydrogen) atoms. The van der Waals surface area contributed by atoms with Gasteiger partial charge in [-0.2, -0.15) is 0 Å².